The van der Waals surface area contributed by atoms with Crippen LogP contribution in [-0.2, 0) is 4.79 Å². The molecule has 1 amide bonds. The standard InChI is InChI=1S/C11H20N2OS2/c1-15-9-4-2-3-8(5-9)13-11(14)10-6-16-7-12-10/h8-10,12H,2-7H2,1H3,(H,13,14). The van der Waals surface area contributed by atoms with E-state index in [-0.39, 0.29) is 11.9 Å². The molecule has 3 nitrogen and oxygen atoms in total. The fourth-order valence-corrected chi connectivity index (χ4v) is 4.12. The third kappa shape index (κ3) is 3.31. The Labute approximate surface area is 106 Å². The van der Waals surface area contributed by atoms with Crippen LogP contribution in [0.3, 0.4) is 0 Å². The molecule has 92 valence electrons. The summed E-state index contributed by atoms with van der Waals surface area (Å²) in [6.07, 6.45) is 7.04. The molecule has 1 heterocycles. The lowest BCUT2D eigenvalue weighted by molar-refractivity contribution is -0.123. The SMILES string of the molecule is CSC1CCCC(NC(=O)C2CSCN2)C1. The van der Waals surface area contributed by atoms with Crippen LogP contribution in [0.15, 0.2) is 0 Å². The largest absolute Gasteiger partial charge is 0.352 e. The Bertz CT molecular complexity index is 244. The molecule has 3 atom stereocenters. The summed E-state index contributed by atoms with van der Waals surface area (Å²) in [5, 5.41) is 7.15. The van der Waals surface area contributed by atoms with Crippen molar-refractivity contribution >= 4 is 29.4 Å². The van der Waals surface area contributed by atoms with Crippen LogP contribution in [0, 0.1) is 0 Å². The molecule has 3 unspecified atom stereocenters. The third-order valence-corrected chi connectivity index (χ3v) is 5.37. The third-order valence-electron chi connectivity index (χ3n) is 3.34. The molecule has 2 aliphatic rings. The van der Waals surface area contributed by atoms with Gasteiger partial charge in [-0.1, -0.05) is 6.42 Å². The smallest absolute Gasteiger partial charge is 0.238 e. The Morgan fingerprint density at radius 2 is 2.38 bits per heavy atom. The number of amides is 1. The van der Waals surface area contributed by atoms with E-state index in [2.05, 4.69) is 16.9 Å². The first-order chi connectivity index (χ1) is 7.79. The summed E-state index contributed by atoms with van der Waals surface area (Å²) in [6, 6.07) is 0.450. The summed E-state index contributed by atoms with van der Waals surface area (Å²) in [5.41, 5.74) is 0. The van der Waals surface area contributed by atoms with Crippen LogP contribution in [0.25, 0.3) is 0 Å². The molecule has 1 saturated heterocycles. The van der Waals surface area contributed by atoms with Crippen molar-refractivity contribution in [3.63, 3.8) is 0 Å². The topological polar surface area (TPSA) is 41.1 Å². The molecule has 0 radical (unpaired) electrons. The molecular formula is C11H20N2OS2. The van der Waals surface area contributed by atoms with Gasteiger partial charge in [-0.05, 0) is 25.5 Å². The lowest BCUT2D eigenvalue weighted by Crippen LogP contribution is -2.47. The quantitative estimate of drug-likeness (QED) is 0.806. The Morgan fingerprint density at radius 1 is 1.50 bits per heavy atom. The molecule has 0 bridgehead atoms. The number of rotatable bonds is 3. The van der Waals surface area contributed by atoms with Crippen LogP contribution < -0.4 is 10.6 Å². The van der Waals surface area contributed by atoms with E-state index in [0.717, 1.165) is 29.7 Å². The lowest BCUT2D eigenvalue weighted by atomic mass is 9.95. The summed E-state index contributed by atoms with van der Waals surface area (Å²) >= 11 is 3.74. The Morgan fingerprint density at radius 3 is 3.06 bits per heavy atom. The molecule has 0 aromatic rings. The minimum atomic E-state index is 0.0413. The Balaban J connectivity index is 1.77. The molecule has 1 aliphatic heterocycles. The van der Waals surface area contributed by atoms with Crippen molar-refractivity contribution < 1.29 is 4.79 Å². The molecule has 5 heteroatoms. The van der Waals surface area contributed by atoms with E-state index in [1.54, 1.807) is 11.8 Å². The number of carbonyl (C=O) groups is 1. The van der Waals surface area contributed by atoms with Crippen LogP contribution in [0.2, 0.25) is 0 Å². The van der Waals surface area contributed by atoms with Gasteiger partial charge in [0.25, 0.3) is 0 Å². The molecule has 16 heavy (non-hydrogen) atoms. The first-order valence-electron chi connectivity index (χ1n) is 5.94. The highest BCUT2D eigenvalue weighted by Gasteiger charge is 2.27. The van der Waals surface area contributed by atoms with Crippen LogP contribution in [0.4, 0.5) is 0 Å². The van der Waals surface area contributed by atoms with Crippen molar-refractivity contribution in [3.8, 4) is 0 Å². The van der Waals surface area contributed by atoms with Crippen LogP contribution >= 0.6 is 23.5 Å². The van der Waals surface area contributed by atoms with Gasteiger partial charge < -0.3 is 5.32 Å². The second-order valence-electron chi connectivity index (χ2n) is 4.50. The maximum absolute atomic E-state index is 11.9. The van der Waals surface area contributed by atoms with Crippen molar-refractivity contribution in [2.45, 2.75) is 43.0 Å². The van der Waals surface area contributed by atoms with E-state index in [1.165, 1.54) is 12.8 Å². The van der Waals surface area contributed by atoms with Gasteiger partial charge in [0.1, 0.15) is 0 Å². The van der Waals surface area contributed by atoms with Crippen molar-refractivity contribution in [2.75, 3.05) is 17.9 Å². The van der Waals surface area contributed by atoms with Crippen LogP contribution in [0.5, 0.6) is 0 Å². The van der Waals surface area contributed by atoms with Crippen molar-refractivity contribution in [1.29, 1.82) is 0 Å². The highest BCUT2D eigenvalue weighted by molar-refractivity contribution is 7.99. The number of thioether (sulfide) groups is 2. The highest BCUT2D eigenvalue weighted by Crippen LogP contribution is 2.27. The molecule has 1 aliphatic carbocycles. The second-order valence-corrected chi connectivity index (χ2v) is 6.67. The molecular weight excluding hydrogens is 240 g/mol. The highest BCUT2D eigenvalue weighted by atomic mass is 32.2. The Hall–Kier alpha value is 0.130. The number of hydrogen-bond acceptors (Lipinski definition) is 4. The average Bonchev–Trinajstić information content (AvgIpc) is 2.83. The van der Waals surface area contributed by atoms with Crippen LogP contribution in [0.1, 0.15) is 25.7 Å². The predicted molar refractivity (Wildman–Crippen MR) is 72.0 cm³/mol. The second kappa shape index (κ2) is 6.17. The van der Waals surface area contributed by atoms with Crippen molar-refractivity contribution in [3.05, 3.63) is 0 Å². The minimum Gasteiger partial charge on any atom is -0.352 e. The summed E-state index contributed by atoms with van der Waals surface area (Å²) in [6.45, 7) is 0. The van der Waals surface area contributed by atoms with Gasteiger partial charge in [-0.3, -0.25) is 10.1 Å². The van der Waals surface area contributed by atoms with Gasteiger partial charge in [-0.25, -0.2) is 0 Å². The fourth-order valence-electron chi connectivity index (χ4n) is 2.36. The van der Waals surface area contributed by atoms with E-state index in [9.17, 15) is 4.79 Å². The molecule has 0 aromatic carbocycles. The molecule has 2 fully saturated rings. The summed E-state index contributed by atoms with van der Waals surface area (Å²) in [7, 11) is 0. The maximum Gasteiger partial charge on any atom is 0.238 e. The number of carbonyl (C=O) groups excluding carboxylic acids is 1. The van der Waals surface area contributed by atoms with Gasteiger partial charge in [0.05, 0.1) is 6.04 Å². The maximum atomic E-state index is 11.9. The normalized spacial score (nSPS) is 34.9. The lowest BCUT2D eigenvalue weighted by Gasteiger charge is -2.29. The zero-order chi connectivity index (χ0) is 11.4. The molecule has 2 rings (SSSR count). The number of hydrogen-bond donors (Lipinski definition) is 2. The monoisotopic (exact) mass is 260 g/mol. The fraction of sp³-hybridized carbons (Fsp3) is 0.909. The van der Waals surface area contributed by atoms with Crippen molar-refractivity contribution in [1.82, 2.24) is 10.6 Å². The molecule has 1 saturated carbocycles. The minimum absolute atomic E-state index is 0.0413. The van der Waals surface area contributed by atoms with Gasteiger partial charge >= 0.3 is 0 Å². The number of nitrogens with one attached hydrogen (secondary N) is 2. The summed E-state index contributed by atoms with van der Waals surface area (Å²) in [4.78, 5) is 11.9. The summed E-state index contributed by atoms with van der Waals surface area (Å²) in [5.74, 6) is 2.04. The molecule has 0 spiro atoms. The van der Waals surface area contributed by atoms with E-state index in [0.29, 0.717) is 6.04 Å². The van der Waals surface area contributed by atoms with Crippen molar-refractivity contribution in [2.24, 2.45) is 0 Å². The van der Waals surface area contributed by atoms with Gasteiger partial charge in [-0.2, -0.15) is 11.8 Å². The van der Waals surface area contributed by atoms with Gasteiger partial charge in [-0.15, -0.1) is 11.8 Å². The van der Waals surface area contributed by atoms with E-state index < -0.39 is 0 Å². The molecule has 0 aromatic heterocycles. The Kier molecular flexibility index (Phi) is 4.85. The first kappa shape index (κ1) is 12.6. The average molecular weight is 260 g/mol. The zero-order valence-corrected chi connectivity index (χ0v) is 11.3. The van der Waals surface area contributed by atoms with Gasteiger partial charge in [0, 0.05) is 22.9 Å². The first-order valence-corrected chi connectivity index (χ1v) is 8.38. The van der Waals surface area contributed by atoms with Gasteiger partial charge in [0.2, 0.25) is 5.91 Å². The molecule has 2 N–H and O–H groups in total. The zero-order valence-electron chi connectivity index (χ0n) is 9.70. The summed E-state index contributed by atoms with van der Waals surface area (Å²) < 4.78 is 0. The predicted octanol–water partition coefficient (Wildman–Crippen LogP) is 1.44. The van der Waals surface area contributed by atoms with E-state index in [1.807, 2.05) is 11.8 Å². The van der Waals surface area contributed by atoms with E-state index >= 15 is 0 Å². The van der Waals surface area contributed by atoms with Crippen LogP contribution in [-0.4, -0.2) is 41.1 Å². The van der Waals surface area contributed by atoms with Gasteiger partial charge in [0.15, 0.2) is 0 Å². The van der Waals surface area contributed by atoms with E-state index in [4.69, 9.17) is 0 Å².